The van der Waals surface area contributed by atoms with Gasteiger partial charge in [0, 0.05) is 22.3 Å². The summed E-state index contributed by atoms with van der Waals surface area (Å²) in [5.74, 6) is 0. The topological polar surface area (TPSA) is 38.0 Å². The van der Waals surface area contributed by atoms with Gasteiger partial charge in [-0.2, -0.15) is 0 Å². The summed E-state index contributed by atoms with van der Waals surface area (Å²) >= 11 is 0. The smallest absolute Gasteiger partial charge is 0.0385 e. The second kappa shape index (κ2) is 4.27. The quantitative estimate of drug-likeness (QED) is 0.760. The van der Waals surface area contributed by atoms with Gasteiger partial charge in [0.1, 0.15) is 0 Å². The molecule has 0 spiro atoms. The number of hydrogen-bond acceptors (Lipinski definition) is 2. The number of para-hydroxylation sites is 1. The average Bonchev–Trinajstić information content (AvgIpc) is 2.38. The van der Waals surface area contributed by atoms with Crippen LogP contribution in [0.5, 0.6) is 0 Å². The highest BCUT2D eigenvalue weighted by atomic mass is 15.0. The van der Waals surface area contributed by atoms with Crippen molar-refractivity contribution in [2.24, 2.45) is 0 Å². The summed E-state index contributed by atoms with van der Waals surface area (Å²) < 4.78 is 0. The molecule has 1 heterocycles. The Labute approximate surface area is 121 Å². The van der Waals surface area contributed by atoms with Crippen LogP contribution in [0.25, 0.3) is 0 Å². The van der Waals surface area contributed by atoms with E-state index in [0.29, 0.717) is 0 Å². The zero-order valence-electron chi connectivity index (χ0n) is 12.4. The van der Waals surface area contributed by atoms with Gasteiger partial charge in [-0.25, -0.2) is 0 Å². The SMILES string of the molecule is CC1(C)CC(C)(c2ccc(N)cc2)c2ccccc2N1. The van der Waals surface area contributed by atoms with Crippen molar-refractivity contribution < 1.29 is 0 Å². The van der Waals surface area contributed by atoms with E-state index in [0.717, 1.165) is 12.1 Å². The van der Waals surface area contributed by atoms with E-state index in [1.54, 1.807) is 0 Å². The molecule has 1 aliphatic rings. The summed E-state index contributed by atoms with van der Waals surface area (Å²) in [4.78, 5) is 0. The molecule has 104 valence electrons. The zero-order valence-corrected chi connectivity index (χ0v) is 12.4. The van der Waals surface area contributed by atoms with Crippen molar-refractivity contribution in [1.82, 2.24) is 0 Å². The highest BCUT2D eigenvalue weighted by Gasteiger charge is 2.41. The van der Waals surface area contributed by atoms with Gasteiger partial charge in [0.15, 0.2) is 0 Å². The number of nitrogens with two attached hydrogens (primary N) is 1. The van der Waals surface area contributed by atoms with E-state index in [9.17, 15) is 0 Å². The van der Waals surface area contributed by atoms with Gasteiger partial charge in [0.2, 0.25) is 0 Å². The van der Waals surface area contributed by atoms with Crippen molar-refractivity contribution >= 4 is 11.4 Å². The standard InChI is InChI=1S/C18H22N2/c1-17(2)12-18(3,13-8-10-14(19)11-9-13)15-6-4-5-7-16(15)20-17/h4-11,20H,12,19H2,1-3H3. The van der Waals surface area contributed by atoms with Crippen LogP contribution < -0.4 is 11.1 Å². The van der Waals surface area contributed by atoms with E-state index in [1.165, 1.54) is 16.8 Å². The molecule has 0 aromatic heterocycles. The molecule has 0 amide bonds. The first-order valence-corrected chi connectivity index (χ1v) is 7.14. The largest absolute Gasteiger partial charge is 0.399 e. The monoisotopic (exact) mass is 266 g/mol. The minimum atomic E-state index is 0.0129. The highest BCUT2D eigenvalue weighted by molar-refractivity contribution is 5.62. The highest BCUT2D eigenvalue weighted by Crippen LogP contribution is 2.47. The molecule has 1 aliphatic heterocycles. The Bertz CT molecular complexity index is 628. The fourth-order valence-electron chi connectivity index (χ4n) is 3.57. The van der Waals surface area contributed by atoms with E-state index < -0.39 is 0 Å². The van der Waals surface area contributed by atoms with Crippen molar-refractivity contribution in [2.45, 2.75) is 38.1 Å². The van der Waals surface area contributed by atoms with Crippen molar-refractivity contribution in [3.63, 3.8) is 0 Å². The third kappa shape index (κ3) is 2.05. The molecule has 0 aliphatic carbocycles. The van der Waals surface area contributed by atoms with E-state index in [2.05, 4.69) is 62.5 Å². The predicted molar refractivity (Wildman–Crippen MR) is 86.1 cm³/mol. The average molecular weight is 266 g/mol. The lowest BCUT2D eigenvalue weighted by molar-refractivity contribution is 0.378. The van der Waals surface area contributed by atoms with Gasteiger partial charge < -0.3 is 11.1 Å². The molecule has 2 heteroatoms. The van der Waals surface area contributed by atoms with Gasteiger partial charge in [-0.15, -0.1) is 0 Å². The molecule has 0 fully saturated rings. The molecule has 2 aromatic rings. The van der Waals surface area contributed by atoms with Gasteiger partial charge in [-0.1, -0.05) is 37.3 Å². The van der Waals surface area contributed by atoms with E-state index in [-0.39, 0.29) is 11.0 Å². The maximum absolute atomic E-state index is 5.83. The zero-order chi connectivity index (χ0) is 14.4. The summed E-state index contributed by atoms with van der Waals surface area (Å²) in [6, 6.07) is 16.9. The second-order valence-electron chi connectivity index (χ2n) is 6.69. The van der Waals surface area contributed by atoms with Crippen LogP contribution in [0.1, 0.15) is 38.3 Å². The predicted octanol–water partition coefficient (Wildman–Crippen LogP) is 4.17. The van der Waals surface area contributed by atoms with Gasteiger partial charge >= 0.3 is 0 Å². The molecule has 3 N–H and O–H groups in total. The van der Waals surface area contributed by atoms with Crippen LogP contribution >= 0.6 is 0 Å². The normalized spacial score (nSPS) is 23.8. The lowest BCUT2D eigenvalue weighted by atomic mass is 9.66. The van der Waals surface area contributed by atoms with Gasteiger partial charge in [-0.05, 0) is 49.6 Å². The summed E-state index contributed by atoms with van der Waals surface area (Å²) in [6.45, 7) is 6.86. The molecule has 0 radical (unpaired) electrons. The van der Waals surface area contributed by atoms with E-state index >= 15 is 0 Å². The molecular weight excluding hydrogens is 244 g/mol. The Morgan fingerprint density at radius 3 is 2.30 bits per heavy atom. The summed E-state index contributed by atoms with van der Waals surface area (Å²) in [6.07, 6.45) is 1.06. The van der Waals surface area contributed by atoms with Crippen molar-refractivity contribution in [1.29, 1.82) is 0 Å². The van der Waals surface area contributed by atoms with Crippen LogP contribution in [0.4, 0.5) is 11.4 Å². The molecule has 0 saturated heterocycles. The Morgan fingerprint density at radius 2 is 1.60 bits per heavy atom. The molecule has 1 unspecified atom stereocenters. The number of benzene rings is 2. The third-order valence-corrected chi connectivity index (χ3v) is 4.34. The summed E-state index contributed by atoms with van der Waals surface area (Å²) in [7, 11) is 0. The lowest BCUT2D eigenvalue weighted by Crippen LogP contribution is -2.45. The molecule has 0 bridgehead atoms. The fraction of sp³-hybridized carbons (Fsp3) is 0.333. The number of fused-ring (bicyclic) bond motifs is 1. The number of nitrogens with one attached hydrogen (secondary N) is 1. The molecule has 2 aromatic carbocycles. The maximum Gasteiger partial charge on any atom is 0.0385 e. The third-order valence-electron chi connectivity index (χ3n) is 4.34. The minimum Gasteiger partial charge on any atom is -0.399 e. The molecule has 3 rings (SSSR count). The minimum absolute atomic E-state index is 0.0129. The van der Waals surface area contributed by atoms with Crippen molar-refractivity contribution in [3.8, 4) is 0 Å². The molecule has 1 atom stereocenters. The molecule has 0 saturated carbocycles. The lowest BCUT2D eigenvalue weighted by Gasteiger charge is -2.45. The Morgan fingerprint density at radius 1 is 0.950 bits per heavy atom. The Kier molecular flexibility index (Phi) is 2.79. The van der Waals surface area contributed by atoms with Crippen molar-refractivity contribution in [3.05, 3.63) is 59.7 Å². The van der Waals surface area contributed by atoms with Gasteiger partial charge in [-0.3, -0.25) is 0 Å². The molecule has 20 heavy (non-hydrogen) atoms. The van der Waals surface area contributed by atoms with Crippen LogP contribution in [-0.4, -0.2) is 5.54 Å². The van der Waals surface area contributed by atoms with Gasteiger partial charge in [0.25, 0.3) is 0 Å². The Hall–Kier alpha value is -1.96. The van der Waals surface area contributed by atoms with Crippen LogP contribution in [0.3, 0.4) is 0 Å². The molecular formula is C18H22N2. The van der Waals surface area contributed by atoms with Gasteiger partial charge in [0.05, 0.1) is 0 Å². The summed E-state index contributed by atoms with van der Waals surface area (Å²) in [5, 5.41) is 3.65. The first-order valence-electron chi connectivity index (χ1n) is 7.14. The van der Waals surface area contributed by atoms with Crippen LogP contribution in [0.15, 0.2) is 48.5 Å². The fourth-order valence-corrected chi connectivity index (χ4v) is 3.57. The van der Waals surface area contributed by atoms with Crippen LogP contribution in [0.2, 0.25) is 0 Å². The van der Waals surface area contributed by atoms with Crippen molar-refractivity contribution in [2.75, 3.05) is 11.1 Å². The van der Waals surface area contributed by atoms with E-state index in [4.69, 9.17) is 5.73 Å². The van der Waals surface area contributed by atoms with E-state index in [1.807, 2.05) is 12.1 Å². The number of nitrogen functional groups attached to an aromatic ring is 1. The first-order chi connectivity index (χ1) is 9.41. The maximum atomic E-state index is 5.83. The Balaban J connectivity index is 2.18. The number of hydrogen-bond donors (Lipinski definition) is 2. The molecule has 2 nitrogen and oxygen atoms in total. The first kappa shape index (κ1) is 13.0. The number of anilines is 2. The van der Waals surface area contributed by atoms with Crippen LogP contribution in [0, 0.1) is 0 Å². The summed E-state index contributed by atoms with van der Waals surface area (Å²) in [5.41, 5.74) is 10.7. The second-order valence-corrected chi connectivity index (χ2v) is 6.69. The van der Waals surface area contributed by atoms with Crippen LogP contribution in [-0.2, 0) is 5.41 Å². The number of rotatable bonds is 1.